The molecule has 0 aromatic heterocycles. The number of rotatable bonds is 3. The van der Waals surface area contributed by atoms with Crippen LogP contribution in [0.25, 0.3) is 0 Å². The molecule has 0 aliphatic heterocycles. The second kappa shape index (κ2) is 4.90. The van der Waals surface area contributed by atoms with Crippen molar-refractivity contribution in [2.75, 3.05) is 0 Å². The van der Waals surface area contributed by atoms with E-state index >= 15 is 0 Å². The molecule has 1 aromatic carbocycles. The van der Waals surface area contributed by atoms with Crippen LogP contribution in [0, 0.1) is 0 Å². The summed E-state index contributed by atoms with van der Waals surface area (Å²) in [7, 11) is 0. The zero-order valence-electron chi connectivity index (χ0n) is 8.21. The van der Waals surface area contributed by atoms with Crippen LogP contribution in [0.1, 0.15) is 24.9 Å². The van der Waals surface area contributed by atoms with E-state index in [1.165, 1.54) is 6.07 Å². The number of thioether (sulfide) groups is 1. The first kappa shape index (κ1) is 12.4. The zero-order chi connectivity index (χ0) is 11.5. The number of benzene rings is 1. The summed E-state index contributed by atoms with van der Waals surface area (Å²) in [5.74, 6) is 0. The molecular formula is C10H12F3NS. The molecule has 0 amide bonds. The van der Waals surface area contributed by atoms with Crippen molar-refractivity contribution in [1.29, 1.82) is 0 Å². The lowest BCUT2D eigenvalue weighted by molar-refractivity contribution is -0.0328. The molecule has 1 aromatic rings. The Balaban J connectivity index is 2.96. The van der Waals surface area contributed by atoms with Crippen LogP contribution in [0.2, 0.25) is 0 Å². The summed E-state index contributed by atoms with van der Waals surface area (Å²) in [5, 5.41) is 0. The SMILES string of the molecule is CC[C@@H](N)c1ccccc1SC(F)(F)F. The molecule has 5 heteroatoms. The van der Waals surface area contributed by atoms with Crippen LogP contribution in [0.4, 0.5) is 13.2 Å². The van der Waals surface area contributed by atoms with Gasteiger partial charge in [0, 0.05) is 10.9 Å². The van der Waals surface area contributed by atoms with Crippen molar-refractivity contribution < 1.29 is 13.2 Å². The van der Waals surface area contributed by atoms with E-state index in [0.717, 1.165) is 0 Å². The Kier molecular flexibility index (Phi) is 4.04. The Hall–Kier alpha value is -0.680. The Morgan fingerprint density at radius 3 is 2.47 bits per heavy atom. The quantitative estimate of drug-likeness (QED) is 0.808. The highest BCUT2D eigenvalue weighted by Crippen LogP contribution is 2.39. The molecule has 0 aliphatic carbocycles. The second-order valence-electron chi connectivity index (χ2n) is 3.10. The van der Waals surface area contributed by atoms with E-state index in [2.05, 4.69) is 0 Å². The Morgan fingerprint density at radius 1 is 1.33 bits per heavy atom. The zero-order valence-corrected chi connectivity index (χ0v) is 9.03. The summed E-state index contributed by atoms with van der Waals surface area (Å²) >= 11 is -0.109. The predicted molar refractivity (Wildman–Crippen MR) is 55.6 cm³/mol. The molecule has 15 heavy (non-hydrogen) atoms. The minimum atomic E-state index is -4.26. The molecule has 0 saturated heterocycles. The van der Waals surface area contributed by atoms with Gasteiger partial charge in [0.05, 0.1) is 0 Å². The maximum atomic E-state index is 12.2. The fourth-order valence-electron chi connectivity index (χ4n) is 1.22. The fraction of sp³-hybridized carbons (Fsp3) is 0.400. The molecule has 0 bridgehead atoms. The molecule has 0 fully saturated rings. The van der Waals surface area contributed by atoms with Crippen LogP contribution < -0.4 is 5.73 Å². The van der Waals surface area contributed by atoms with Crippen molar-refractivity contribution in [3.05, 3.63) is 29.8 Å². The van der Waals surface area contributed by atoms with E-state index in [1.807, 2.05) is 6.92 Å². The van der Waals surface area contributed by atoms with Crippen molar-refractivity contribution in [2.24, 2.45) is 5.73 Å². The number of hydrogen-bond acceptors (Lipinski definition) is 2. The summed E-state index contributed by atoms with van der Waals surface area (Å²) in [4.78, 5) is 0.194. The molecular weight excluding hydrogens is 223 g/mol. The first-order valence-electron chi connectivity index (χ1n) is 4.54. The van der Waals surface area contributed by atoms with Gasteiger partial charge in [-0.25, -0.2) is 0 Å². The molecule has 0 heterocycles. The molecule has 1 atom stereocenters. The maximum Gasteiger partial charge on any atom is 0.446 e. The maximum absolute atomic E-state index is 12.2. The minimum absolute atomic E-state index is 0.109. The largest absolute Gasteiger partial charge is 0.446 e. The van der Waals surface area contributed by atoms with Crippen LogP contribution in [0.3, 0.4) is 0 Å². The molecule has 0 aliphatic rings. The Labute approximate surface area is 90.9 Å². The third-order valence-corrected chi connectivity index (χ3v) is 2.81. The molecule has 0 spiro atoms. The molecule has 0 saturated carbocycles. The minimum Gasteiger partial charge on any atom is -0.324 e. The molecule has 1 nitrogen and oxygen atoms in total. The van der Waals surface area contributed by atoms with E-state index in [9.17, 15) is 13.2 Å². The highest BCUT2D eigenvalue weighted by molar-refractivity contribution is 8.00. The molecule has 84 valence electrons. The Bertz CT molecular complexity index is 325. The first-order chi connectivity index (χ1) is 6.94. The van der Waals surface area contributed by atoms with Crippen molar-refractivity contribution in [3.63, 3.8) is 0 Å². The molecule has 0 radical (unpaired) electrons. The van der Waals surface area contributed by atoms with Crippen LogP contribution in [-0.2, 0) is 0 Å². The van der Waals surface area contributed by atoms with E-state index in [-0.39, 0.29) is 22.7 Å². The topological polar surface area (TPSA) is 26.0 Å². The summed E-state index contributed by atoms with van der Waals surface area (Å²) in [6.45, 7) is 1.85. The number of nitrogens with two attached hydrogens (primary N) is 1. The van der Waals surface area contributed by atoms with Gasteiger partial charge < -0.3 is 5.73 Å². The summed E-state index contributed by atoms with van der Waals surface area (Å²) in [6, 6.07) is 6.03. The third kappa shape index (κ3) is 3.76. The normalized spacial score (nSPS) is 13.9. The standard InChI is InChI=1S/C10H12F3NS/c1-2-8(14)7-5-3-4-6-9(7)15-10(11,12)13/h3-6,8H,2,14H2,1H3/t8-/m1/s1. The van der Waals surface area contributed by atoms with Gasteiger partial charge in [-0.05, 0) is 29.8 Å². The molecule has 0 unspecified atom stereocenters. The lowest BCUT2D eigenvalue weighted by Gasteiger charge is -2.15. The van der Waals surface area contributed by atoms with Gasteiger partial charge in [0.25, 0.3) is 0 Å². The second-order valence-corrected chi connectivity index (χ2v) is 4.21. The summed E-state index contributed by atoms with van der Waals surface area (Å²) < 4.78 is 36.6. The van der Waals surface area contributed by atoms with E-state index in [0.29, 0.717) is 12.0 Å². The lowest BCUT2D eigenvalue weighted by atomic mass is 10.1. The van der Waals surface area contributed by atoms with Crippen LogP contribution in [0.5, 0.6) is 0 Å². The molecule has 2 N–H and O–H groups in total. The van der Waals surface area contributed by atoms with Gasteiger partial charge in [-0.1, -0.05) is 25.1 Å². The number of hydrogen-bond donors (Lipinski definition) is 1. The van der Waals surface area contributed by atoms with Crippen LogP contribution >= 0.6 is 11.8 Å². The van der Waals surface area contributed by atoms with Gasteiger partial charge in [-0.3, -0.25) is 0 Å². The van der Waals surface area contributed by atoms with Crippen LogP contribution in [-0.4, -0.2) is 5.51 Å². The van der Waals surface area contributed by atoms with Crippen LogP contribution in [0.15, 0.2) is 29.2 Å². The summed E-state index contributed by atoms with van der Waals surface area (Å²) in [6.07, 6.45) is 0.620. The van der Waals surface area contributed by atoms with E-state index in [1.54, 1.807) is 18.2 Å². The van der Waals surface area contributed by atoms with Crippen molar-refractivity contribution in [1.82, 2.24) is 0 Å². The average molecular weight is 235 g/mol. The number of alkyl halides is 3. The van der Waals surface area contributed by atoms with Crippen molar-refractivity contribution in [2.45, 2.75) is 29.8 Å². The highest BCUT2D eigenvalue weighted by atomic mass is 32.2. The first-order valence-corrected chi connectivity index (χ1v) is 5.36. The smallest absolute Gasteiger partial charge is 0.324 e. The monoisotopic (exact) mass is 235 g/mol. The van der Waals surface area contributed by atoms with E-state index < -0.39 is 5.51 Å². The fourth-order valence-corrected chi connectivity index (χ4v) is 1.96. The van der Waals surface area contributed by atoms with Crippen molar-refractivity contribution >= 4 is 11.8 Å². The predicted octanol–water partition coefficient (Wildman–Crippen LogP) is 3.71. The third-order valence-electron chi connectivity index (χ3n) is 1.98. The molecule has 1 rings (SSSR count). The van der Waals surface area contributed by atoms with Crippen molar-refractivity contribution in [3.8, 4) is 0 Å². The Morgan fingerprint density at radius 2 is 1.93 bits per heavy atom. The average Bonchev–Trinajstić information content (AvgIpc) is 2.15. The van der Waals surface area contributed by atoms with Gasteiger partial charge >= 0.3 is 5.51 Å². The van der Waals surface area contributed by atoms with Gasteiger partial charge in [0.2, 0.25) is 0 Å². The summed E-state index contributed by atoms with van der Waals surface area (Å²) in [5.41, 5.74) is 2.03. The van der Waals surface area contributed by atoms with Gasteiger partial charge in [0.15, 0.2) is 0 Å². The lowest BCUT2D eigenvalue weighted by Crippen LogP contribution is -2.11. The highest BCUT2D eigenvalue weighted by Gasteiger charge is 2.30. The number of halogens is 3. The van der Waals surface area contributed by atoms with Gasteiger partial charge in [-0.2, -0.15) is 13.2 Å². The van der Waals surface area contributed by atoms with Gasteiger partial charge in [0.1, 0.15) is 0 Å². The van der Waals surface area contributed by atoms with E-state index in [4.69, 9.17) is 5.73 Å². The van der Waals surface area contributed by atoms with Gasteiger partial charge in [-0.15, -0.1) is 0 Å².